The number of hydrogen-bond donors (Lipinski definition) is 4. The van der Waals surface area contributed by atoms with Crippen LogP contribution in [0, 0.1) is 5.41 Å². The van der Waals surface area contributed by atoms with Crippen LogP contribution in [0.25, 0.3) is 0 Å². The summed E-state index contributed by atoms with van der Waals surface area (Å²) in [5.74, 6) is -1.40. The summed E-state index contributed by atoms with van der Waals surface area (Å²) >= 11 is 0. The van der Waals surface area contributed by atoms with Gasteiger partial charge in [0.05, 0.1) is 19.3 Å². The van der Waals surface area contributed by atoms with Crippen molar-refractivity contribution in [2.45, 2.75) is 103 Å². The van der Waals surface area contributed by atoms with Crippen LogP contribution in [-0.2, 0) is 23.9 Å². The number of amides is 4. The van der Waals surface area contributed by atoms with E-state index in [1.54, 1.807) is 0 Å². The van der Waals surface area contributed by atoms with Gasteiger partial charge in [0.2, 0.25) is 11.8 Å². The molecule has 0 aromatic rings. The zero-order chi connectivity index (χ0) is 27.3. The summed E-state index contributed by atoms with van der Waals surface area (Å²) in [5, 5.41) is 18.9. The van der Waals surface area contributed by atoms with E-state index in [4.69, 9.17) is 9.47 Å². The van der Waals surface area contributed by atoms with Crippen molar-refractivity contribution >= 4 is 23.8 Å². The lowest BCUT2D eigenvalue weighted by Gasteiger charge is -2.35. The number of carbonyl (C=O) groups excluding carboxylic acids is 4. The minimum atomic E-state index is -1.39. The maximum absolute atomic E-state index is 13.7. The van der Waals surface area contributed by atoms with E-state index in [0.717, 1.165) is 12.8 Å². The standard InChI is InChI=1S/C26H42N4O7/c1-6-7-18(20(31)23(33)27-16-8-9-16)28-22(32)19-12-15(2)13-30(19)24(34)21(26(3,4)5)29-25(35)37-17-10-11-36-14-17/h16-21,31H,2,6-14H2,1,3-5H3,(H,27,33)(H,28,32)(H,29,35)/t17-,18-,19-,20?,21+/m0/s1. The smallest absolute Gasteiger partial charge is 0.408 e. The second-order valence-corrected chi connectivity index (χ2v) is 11.4. The number of nitrogens with zero attached hydrogens (tertiary/aromatic N) is 1. The molecule has 1 saturated carbocycles. The first-order valence-corrected chi connectivity index (χ1v) is 13.2. The third-order valence-corrected chi connectivity index (χ3v) is 6.88. The average molecular weight is 523 g/mol. The molecule has 208 valence electrons. The second kappa shape index (κ2) is 12.3. The van der Waals surface area contributed by atoms with Crippen LogP contribution in [0.3, 0.4) is 0 Å². The van der Waals surface area contributed by atoms with Crippen LogP contribution in [0.2, 0.25) is 0 Å². The minimum absolute atomic E-state index is 0.0844. The Morgan fingerprint density at radius 1 is 1.19 bits per heavy atom. The highest BCUT2D eigenvalue weighted by molar-refractivity contribution is 5.93. The molecule has 0 aromatic carbocycles. The zero-order valence-electron chi connectivity index (χ0n) is 22.4. The minimum Gasteiger partial charge on any atom is -0.444 e. The lowest BCUT2D eigenvalue weighted by atomic mass is 9.85. The number of aliphatic hydroxyl groups is 1. The van der Waals surface area contributed by atoms with Crippen molar-refractivity contribution < 1.29 is 33.8 Å². The molecule has 0 spiro atoms. The van der Waals surface area contributed by atoms with Gasteiger partial charge in [0.15, 0.2) is 6.10 Å². The Labute approximate surface area is 218 Å². The number of alkyl carbamates (subject to hydrolysis) is 1. The summed E-state index contributed by atoms with van der Waals surface area (Å²) in [5.41, 5.74) is 0.0284. The van der Waals surface area contributed by atoms with Gasteiger partial charge in [0.25, 0.3) is 5.91 Å². The largest absolute Gasteiger partial charge is 0.444 e. The van der Waals surface area contributed by atoms with Crippen LogP contribution in [0.4, 0.5) is 4.79 Å². The zero-order valence-corrected chi connectivity index (χ0v) is 22.4. The SMILES string of the molecule is C=C1C[C@@H](C(=O)N[C@@H](CCC)C(O)C(=O)NC2CC2)N(C(=O)[C@@H](NC(=O)O[C@H]2CCOC2)C(C)(C)C)C1. The molecule has 11 nitrogen and oxygen atoms in total. The van der Waals surface area contributed by atoms with Gasteiger partial charge in [-0.15, -0.1) is 0 Å². The first kappa shape index (κ1) is 28.9. The van der Waals surface area contributed by atoms with Gasteiger partial charge in [-0.3, -0.25) is 14.4 Å². The molecule has 0 aromatic heterocycles. The van der Waals surface area contributed by atoms with E-state index >= 15 is 0 Å². The second-order valence-electron chi connectivity index (χ2n) is 11.4. The fourth-order valence-corrected chi connectivity index (χ4v) is 4.58. The number of nitrogens with one attached hydrogen (secondary N) is 3. The molecular weight excluding hydrogens is 480 g/mol. The van der Waals surface area contributed by atoms with Crippen LogP contribution < -0.4 is 16.0 Å². The third-order valence-electron chi connectivity index (χ3n) is 6.88. The Bertz CT molecular complexity index is 877. The Kier molecular flexibility index (Phi) is 9.57. The molecule has 4 amide bonds. The molecular formula is C26H42N4O7. The topological polar surface area (TPSA) is 146 Å². The van der Waals surface area contributed by atoms with E-state index in [-0.39, 0.29) is 25.1 Å². The predicted molar refractivity (Wildman–Crippen MR) is 135 cm³/mol. The van der Waals surface area contributed by atoms with Gasteiger partial charge in [0.1, 0.15) is 18.2 Å². The summed E-state index contributed by atoms with van der Waals surface area (Å²) in [7, 11) is 0. The Hall–Kier alpha value is -2.66. The Morgan fingerprint density at radius 2 is 1.89 bits per heavy atom. The van der Waals surface area contributed by atoms with Crippen LogP contribution in [-0.4, -0.2) is 90.0 Å². The van der Waals surface area contributed by atoms with Crippen molar-refractivity contribution in [3.63, 3.8) is 0 Å². The Morgan fingerprint density at radius 3 is 2.46 bits per heavy atom. The number of likely N-dealkylation sites (tertiary alicyclic amines) is 1. The predicted octanol–water partition coefficient (Wildman–Crippen LogP) is 0.998. The van der Waals surface area contributed by atoms with Crippen LogP contribution in [0.5, 0.6) is 0 Å². The van der Waals surface area contributed by atoms with Crippen molar-refractivity contribution in [1.82, 2.24) is 20.9 Å². The van der Waals surface area contributed by atoms with Crippen molar-refractivity contribution in [2.75, 3.05) is 19.8 Å². The fourth-order valence-electron chi connectivity index (χ4n) is 4.58. The van der Waals surface area contributed by atoms with E-state index in [9.17, 15) is 24.3 Å². The van der Waals surface area contributed by atoms with Crippen LogP contribution in [0.1, 0.15) is 66.2 Å². The van der Waals surface area contributed by atoms with Gasteiger partial charge in [-0.1, -0.05) is 46.3 Å². The summed E-state index contributed by atoms with van der Waals surface area (Å²) in [6.07, 6.45) is 1.19. The highest BCUT2D eigenvalue weighted by atomic mass is 16.6. The maximum atomic E-state index is 13.7. The molecule has 5 atom stereocenters. The van der Waals surface area contributed by atoms with Crippen molar-refractivity contribution in [3.8, 4) is 0 Å². The molecule has 2 aliphatic heterocycles. The quantitative estimate of drug-likeness (QED) is 0.313. The number of rotatable bonds is 10. The molecule has 0 radical (unpaired) electrons. The van der Waals surface area contributed by atoms with Crippen LogP contribution >= 0.6 is 0 Å². The molecule has 2 heterocycles. The lowest BCUT2D eigenvalue weighted by molar-refractivity contribution is -0.143. The first-order chi connectivity index (χ1) is 17.4. The van der Waals surface area contributed by atoms with E-state index < -0.39 is 53.5 Å². The van der Waals surface area contributed by atoms with Gasteiger partial charge in [0, 0.05) is 19.0 Å². The van der Waals surface area contributed by atoms with Crippen LogP contribution in [0.15, 0.2) is 12.2 Å². The molecule has 1 aliphatic carbocycles. The van der Waals surface area contributed by atoms with E-state index in [1.165, 1.54) is 4.90 Å². The van der Waals surface area contributed by atoms with Gasteiger partial charge in [-0.05, 0) is 31.1 Å². The van der Waals surface area contributed by atoms with Gasteiger partial charge in [-0.25, -0.2) is 4.79 Å². The molecule has 0 bridgehead atoms. The normalized spacial score (nSPS) is 24.2. The van der Waals surface area contributed by atoms with Gasteiger partial charge >= 0.3 is 6.09 Å². The first-order valence-electron chi connectivity index (χ1n) is 13.2. The average Bonchev–Trinajstić information content (AvgIpc) is 3.31. The van der Waals surface area contributed by atoms with Crippen molar-refractivity contribution in [1.29, 1.82) is 0 Å². The molecule has 11 heteroatoms. The Balaban J connectivity index is 1.70. The monoisotopic (exact) mass is 522 g/mol. The number of ether oxygens (including phenoxy) is 2. The molecule has 2 saturated heterocycles. The van der Waals surface area contributed by atoms with Crippen molar-refractivity contribution in [3.05, 3.63) is 12.2 Å². The molecule has 4 N–H and O–H groups in total. The van der Waals surface area contributed by atoms with E-state index in [0.29, 0.717) is 38.0 Å². The molecule has 3 rings (SSSR count). The number of aliphatic hydroxyl groups excluding tert-OH is 1. The van der Waals surface area contributed by atoms with E-state index in [1.807, 2.05) is 27.7 Å². The fraction of sp³-hybridized carbons (Fsp3) is 0.769. The molecule has 1 unspecified atom stereocenters. The van der Waals surface area contributed by atoms with Crippen molar-refractivity contribution in [2.24, 2.45) is 5.41 Å². The van der Waals surface area contributed by atoms with Gasteiger partial charge in [-0.2, -0.15) is 0 Å². The highest BCUT2D eigenvalue weighted by Crippen LogP contribution is 2.28. The lowest BCUT2D eigenvalue weighted by Crippen LogP contribution is -2.59. The number of hydrogen-bond acceptors (Lipinski definition) is 7. The molecule has 3 fully saturated rings. The van der Waals surface area contributed by atoms with Gasteiger partial charge < -0.3 is 35.4 Å². The van der Waals surface area contributed by atoms with E-state index in [2.05, 4.69) is 22.5 Å². The number of carbonyl (C=O) groups is 4. The summed E-state index contributed by atoms with van der Waals surface area (Å²) in [6.45, 7) is 12.3. The molecule has 3 aliphatic rings. The summed E-state index contributed by atoms with van der Waals surface area (Å²) in [6, 6.07) is -2.53. The summed E-state index contributed by atoms with van der Waals surface area (Å²) < 4.78 is 10.6. The third kappa shape index (κ3) is 7.91. The maximum Gasteiger partial charge on any atom is 0.408 e. The highest BCUT2D eigenvalue weighted by Gasteiger charge is 2.44. The molecule has 37 heavy (non-hydrogen) atoms. The summed E-state index contributed by atoms with van der Waals surface area (Å²) in [4.78, 5) is 53.5.